The molecule has 1 rings (SSSR count). The summed E-state index contributed by atoms with van der Waals surface area (Å²) in [6, 6.07) is 1.42. The van der Waals surface area contributed by atoms with Gasteiger partial charge in [-0.15, -0.1) is 0 Å². The highest BCUT2D eigenvalue weighted by atomic mass is 19.1. The number of nitrogens with two attached hydrogens (primary N) is 1. The van der Waals surface area contributed by atoms with Gasteiger partial charge in [0.1, 0.15) is 0 Å². The first-order valence-electron chi connectivity index (χ1n) is 4.61. The molecule has 0 radical (unpaired) electrons. The average molecular weight is 229 g/mol. The third kappa shape index (κ3) is 2.60. The summed E-state index contributed by atoms with van der Waals surface area (Å²) in [6.45, 7) is 0. The summed E-state index contributed by atoms with van der Waals surface area (Å²) >= 11 is 0. The van der Waals surface area contributed by atoms with Crippen molar-refractivity contribution in [3.8, 4) is 11.5 Å². The van der Waals surface area contributed by atoms with E-state index in [9.17, 15) is 14.3 Å². The summed E-state index contributed by atoms with van der Waals surface area (Å²) in [5, 5.41) is 27.0. The number of halogens is 1. The van der Waals surface area contributed by atoms with Gasteiger partial charge in [0.05, 0.1) is 0 Å². The first kappa shape index (κ1) is 12.3. The molecule has 0 amide bonds. The molecule has 16 heavy (non-hydrogen) atoms. The van der Waals surface area contributed by atoms with Gasteiger partial charge in [0.15, 0.2) is 17.3 Å². The molecule has 6 heteroatoms. The monoisotopic (exact) mass is 229 g/mol. The minimum Gasteiger partial charge on any atom is -0.504 e. The molecule has 0 aliphatic carbocycles. The van der Waals surface area contributed by atoms with Gasteiger partial charge in [0.2, 0.25) is 0 Å². The van der Waals surface area contributed by atoms with Crippen molar-refractivity contribution in [1.82, 2.24) is 0 Å². The number of hydrogen-bond donors (Lipinski definition) is 4. The minimum atomic E-state index is -1.01. The highest BCUT2D eigenvalue weighted by Crippen LogP contribution is 2.35. The fourth-order valence-electron chi connectivity index (χ4n) is 1.30. The first-order chi connectivity index (χ1) is 7.43. The Hall–Kier alpha value is -1.82. The largest absolute Gasteiger partial charge is 0.504 e. The Balaban J connectivity index is 2.87. The molecule has 0 aliphatic heterocycles. The molecule has 5 N–H and O–H groups in total. The number of phenols is 2. The van der Waals surface area contributed by atoms with Crippen LogP contribution >= 0.6 is 0 Å². The van der Waals surface area contributed by atoms with Gasteiger partial charge in [-0.05, 0) is 12.5 Å². The predicted molar refractivity (Wildman–Crippen MR) is 53.5 cm³/mol. The van der Waals surface area contributed by atoms with Crippen molar-refractivity contribution in [2.45, 2.75) is 18.9 Å². The van der Waals surface area contributed by atoms with Crippen LogP contribution in [0.2, 0.25) is 0 Å². The van der Waals surface area contributed by atoms with Crippen LogP contribution in [0.5, 0.6) is 11.5 Å². The zero-order valence-electron chi connectivity index (χ0n) is 8.35. The van der Waals surface area contributed by atoms with Crippen LogP contribution in [0, 0.1) is 5.82 Å². The molecular weight excluding hydrogens is 217 g/mol. The molecule has 0 heterocycles. The average Bonchev–Trinajstić information content (AvgIpc) is 2.23. The lowest BCUT2D eigenvalue weighted by Gasteiger charge is -2.13. The topological polar surface area (TPSA) is 104 Å². The quantitative estimate of drug-likeness (QED) is 0.579. The molecular formula is C10H12FNO4. The summed E-state index contributed by atoms with van der Waals surface area (Å²) in [5.41, 5.74) is 5.73. The molecule has 5 nitrogen and oxygen atoms in total. The van der Waals surface area contributed by atoms with Crippen LogP contribution in [0.15, 0.2) is 12.1 Å². The molecule has 1 unspecified atom stereocenters. The number of benzene rings is 1. The van der Waals surface area contributed by atoms with E-state index in [0.717, 1.165) is 6.07 Å². The third-order valence-corrected chi connectivity index (χ3v) is 2.20. The van der Waals surface area contributed by atoms with E-state index in [1.807, 2.05) is 0 Å². The van der Waals surface area contributed by atoms with Crippen LogP contribution in [0.1, 0.15) is 24.4 Å². The van der Waals surface area contributed by atoms with Crippen LogP contribution in [0.3, 0.4) is 0 Å². The Morgan fingerprint density at radius 3 is 2.56 bits per heavy atom. The van der Waals surface area contributed by atoms with Crippen molar-refractivity contribution in [3.05, 3.63) is 23.5 Å². The zero-order chi connectivity index (χ0) is 12.3. The predicted octanol–water partition coefficient (Wildman–Crippen LogP) is 1.10. The van der Waals surface area contributed by atoms with Gasteiger partial charge in [-0.2, -0.15) is 0 Å². The molecule has 1 aromatic rings. The number of aromatic hydroxyl groups is 2. The number of phenolic OH excluding ortho intramolecular Hbond substituents is 2. The Labute approximate surface area is 90.9 Å². The summed E-state index contributed by atoms with van der Waals surface area (Å²) < 4.78 is 12.8. The standard InChI is InChI=1S/C10H12FNO4/c11-6-2-1-5(9(15)10(6)16)7(12)3-4-8(13)14/h1-2,7,15-16H,3-4,12H2,(H,13,14). The van der Waals surface area contributed by atoms with Crippen molar-refractivity contribution in [1.29, 1.82) is 0 Å². The molecule has 0 aliphatic rings. The van der Waals surface area contributed by atoms with Crippen molar-refractivity contribution < 1.29 is 24.5 Å². The van der Waals surface area contributed by atoms with Crippen molar-refractivity contribution in [2.75, 3.05) is 0 Å². The normalized spacial score (nSPS) is 12.4. The Bertz CT molecular complexity index is 408. The van der Waals surface area contributed by atoms with Crippen LogP contribution in [-0.2, 0) is 4.79 Å². The Morgan fingerprint density at radius 1 is 1.38 bits per heavy atom. The molecule has 1 aromatic carbocycles. The number of aliphatic carboxylic acids is 1. The fourth-order valence-corrected chi connectivity index (χ4v) is 1.30. The first-order valence-corrected chi connectivity index (χ1v) is 4.61. The number of hydrogen-bond acceptors (Lipinski definition) is 4. The van der Waals surface area contributed by atoms with Gasteiger partial charge in [-0.3, -0.25) is 4.79 Å². The Kier molecular flexibility index (Phi) is 3.68. The maximum Gasteiger partial charge on any atom is 0.303 e. The number of rotatable bonds is 4. The van der Waals surface area contributed by atoms with Gasteiger partial charge in [0, 0.05) is 18.0 Å². The second-order valence-electron chi connectivity index (χ2n) is 3.37. The summed E-state index contributed by atoms with van der Waals surface area (Å²) in [5.74, 6) is -3.48. The van der Waals surface area contributed by atoms with Gasteiger partial charge in [-0.1, -0.05) is 6.07 Å². The van der Waals surface area contributed by atoms with E-state index >= 15 is 0 Å². The van der Waals surface area contributed by atoms with Gasteiger partial charge >= 0.3 is 5.97 Å². The molecule has 0 spiro atoms. The van der Waals surface area contributed by atoms with E-state index in [-0.39, 0.29) is 18.4 Å². The number of carbonyl (C=O) groups is 1. The number of carboxylic acid groups (broad SMARTS) is 1. The van der Waals surface area contributed by atoms with E-state index in [2.05, 4.69) is 0 Å². The highest BCUT2D eigenvalue weighted by molar-refractivity contribution is 5.66. The van der Waals surface area contributed by atoms with E-state index in [1.165, 1.54) is 6.07 Å². The van der Waals surface area contributed by atoms with E-state index in [1.54, 1.807) is 0 Å². The van der Waals surface area contributed by atoms with Crippen molar-refractivity contribution >= 4 is 5.97 Å². The molecule has 0 fully saturated rings. The lowest BCUT2D eigenvalue weighted by atomic mass is 10.0. The smallest absolute Gasteiger partial charge is 0.303 e. The SMILES string of the molecule is NC(CCC(=O)O)c1ccc(F)c(O)c1O. The molecule has 1 atom stereocenters. The zero-order valence-corrected chi connectivity index (χ0v) is 8.35. The van der Waals surface area contributed by atoms with Crippen LogP contribution in [0.4, 0.5) is 4.39 Å². The fraction of sp³-hybridized carbons (Fsp3) is 0.300. The Morgan fingerprint density at radius 2 is 2.00 bits per heavy atom. The minimum absolute atomic E-state index is 0.0912. The van der Waals surface area contributed by atoms with Gasteiger partial charge in [0.25, 0.3) is 0 Å². The van der Waals surface area contributed by atoms with Gasteiger partial charge < -0.3 is 21.1 Å². The van der Waals surface area contributed by atoms with E-state index in [0.29, 0.717) is 0 Å². The third-order valence-electron chi connectivity index (χ3n) is 2.20. The van der Waals surface area contributed by atoms with Crippen molar-refractivity contribution in [2.24, 2.45) is 5.73 Å². The van der Waals surface area contributed by atoms with Crippen LogP contribution in [-0.4, -0.2) is 21.3 Å². The number of carboxylic acids is 1. The maximum atomic E-state index is 12.8. The highest BCUT2D eigenvalue weighted by Gasteiger charge is 2.17. The van der Waals surface area contributed by atoms with Crippen molar-refractivity contribution in [3.63, 3.8) is 0 Å². The molecule has 0 saturated carbocycles. The van der Waals surface area contributed by atoms with Crippen LogP contribution < -0.4 is 5.73 Å². The van der Waals surface area contributed by atoms with E-state index < -0.39 is 29.3 Å². The summed E-state index contributed by atoms with van der Waals surface area (Å²) in [6.07, 6.45) is -0.0767. The maximum absolute atomic E-state index is 12.8. The molecule has 0 aromatic heterocycles. The second-order valence-corrected chi connectivity index (χ2v) is 3.37. The molecule has 0 bridgehead atoms. The van der Waals surface area contributed by atoms with E-state index in [4.69, 9.17) is 15.9 Å². The molecule has 88 valence electrons. The molecule has 0 saturated heterocycles. The lowest BCUT2D eigenvalue weighted by molar-refractivity contribution is -0.137. The summed E-state index contributed by atoms with van der Waals surface area (Å²) in [7, 11) is 0. The second kappa shape index (κ2) is 4.80. The summed E-state index contributed by atoms with van der Waals surface area (Å²) in [4.78, 5) is 10.3. The van der Waals surface area contributed by atoms with Crippen LogP contribution in [0.25, 0.3) is 0 Å². The van der Waals surface area contributed by atoms with Gasteiger partial charge in [-0.25, -0.2) is 4.39 Å². The lowest BCUT2D eigenvalue weighted by Crippen LogP contribution is -2.12.